The third-order valence-corrected chi connectivity index (χ3v) is 5.97. The van der Waals surface area contributed by atoms with Crippen LogP contribution in [0, 0.1) is 19.8 Å². The van der Waals surface area contributed by atoms with Crippen LogP contribution in [-0.2, 0) is 21.4 Å². The molecule has 2 heterocycles. The number of ketones is 1. The molecule has 0 bridgehead atoms. The lowest BCUT2D eigenvalue weighted by Crippen LogP contribution is -2.27. The Morgan fingerprint density at radius 2 is 2.00 bits per heavy atom. The van der Waals surface area contributed by atoms with Crippen molar-refractivity contribution in [3.63, 3.8) is 0 Å². The van der Waals surface area contributed by atoms with Gasteiger partial charge in [-0.3, -0.25) is 14.4 Å². The predicted octanol–water partition coefficient (Wildman–Crippen LogP) is 3.14. The Morgan fingerprint density at radius 3 is 2.64 bits per heavy atom. The van der Waals surface area contributed by atoms with E-state index in [1.165, 1.54) is 0 Å². The van der Waals surface area contributed by atoms with E-state index in [4.69, 9.17) is 4.74 Å². The number of aryl methyl sites for hydroxylation is 1. The van der Waals surface area contributed by atoms with Crippen LogP contribution >= 0.6 is 11.8 Å². The summed E-state index contributed by atoms with van der Waals surface area (Å²) in [5.74, 6) is -1.41. The van der Waals surface area contributed by atoms with Crippen molar-refractivity contribution in [1.29, 1.82) is 0 Å². The van der Waals surface area contributed by atoms with Gasteiger partial charge < -0.3 is 14.2 Å². The maximum Gasteiger partial charge on any atom is 0.311 e. The quantitative estimate of drug-likeness (QED) is 0.423. The van der Waals surface area contributed by atoms with Gasteiger partial charge in [0.25, 0.3) is 0 Å². The number of ether oxygens (including phenoxy) is 1. The number of rotatable bonds is 6. The Bertz CT molecular complexity index is 934. The van der Waals surface area contributed by atoms with E-state index in [1.807, 2.05) is 56.0 Å². The Balaban J connectivity index is 1.61. The van der Waals surface area contributed by atoms with Crippen LogP contribution in [-0.4, -0.2) is 41.6 Å². The zero-order chi connectivity index (χ0) is 20.4. The third kappa shape index (κ3) is 3.99. The number of thioether (sulfide) groups is 1. The van der Waals surface area contributed by atoms with E-state index in [2.05, 4.69) is 0 Å². The lowest BCUT2D eigenvalue weighted by Gasteiger charge is -2.17. The van der Waals surface area contributed by atoms with Gasteiger partial charge in [0.1, 0.15) is 0 Å². The SMILES string of the molecule is CSc1cccc(N2C[C@@H](C(=O)OCC(=O)c3cc(C)n(C)c3C)CC2=O)c1. The minimum Gasteiger partial charge on any atom is -0.457 e. The van der Waals surface area contributed by atoms with Crippen LogP contribution in [0.4, 0.5) is 5.69 Å². The van der Waals surface area contributed by atoms with Crippen LogP contribution in [0.2, 0.25) is 0 Å². The summed E-state index contributed by atoms with van der Waals surface area (Å²) in [7, 11) is 1.89. The van der Waals surface area contributed by atoms with Crippen LogP contribution < -0.4 is 4.90 Å². The first kappa shape index (κ1) is 20.2. The molecule has 1 amide bonds. The smallest absolute Gasteiger partial charge is 0.311 e. The van der Waals surface area contributed by atoms with Crippen LogP contribution in [0.25, 0.3) is 0 Å². The van der Waals surface area contributed by atoms with E-state index < -0.39 is 11.9 Å². The molecule has 0 saturated carbocycles. The lowest BCUT2D eigenvalue weighted by atomic mass is 10.1. The van der Waals surface area contributed by atoms with Gasteiger partial charge in [0, 0.05) is 47.5 Å². The summed E-state index contributed by atoms with van der Waals surface area (Å²) in [5.41, 5.74) is 3.15. The van der Waals surface area contributed by atoms with Gasteiger partial charge >= 0.3 is 5.97 Å². The number of carbonyl (C=O) groups excluding carboxylic acids is 3. The summed E-state index contributed by atoms with van der Waals surface area (Å²) in [6.07, 6.45) is 2.07. The number of aromatic nitrogens is 1. The second-order valence-corrected chi connectivity index (χ2v) is 7.86. The molecule has 3 rings (SSSR count). The van der Waals surface area contributed by atoms with Crippen LogP contribution in [0.3, 0.4) is 0 Å². The highest BCUT2D eigenvalue weighted by molar-refractivity contribution is 7.98. The van der Waals surface area contributed by atoms with Crippen LogP contribution in [0.1, 0.15) is 28.2 Å². The number of nitrogens with zero attached hydrogens (tertiary/aromatic N) is 2. The van der Waals surface area contributed by atoms with Gasteiger partial charge in [-0.25, -0.2) is 0 Å². The molecule has 1 fully saturated rings. The number of benzene rings is 1. The van der Waals surface area contributed by atoms with Gasteiger partial charge in [0.2, 0.25) is 11.7 Å². The average molecular weight is 401 g/mol. The molecule has 7 heteroatoms. The summed E-state index contributed by atoms with van der Waals surface area (Å²) in [4.78, 5) is 39.9. The Hall–Kier alpha value is -2.54. The molecule has 0 radical (unpaired) electrons. The third-order valence-electron chi connectivity index (χ3n) is 5.24. The Morgan fingerprint density at radius 1 is 1.25 bits per heavy atom. The Labute approximate surface area is 168 Å². The highest BCUT2D eigenvalue weighted by Crippen LogP contribution is 2.28. The summed E-state index contributed by atoms with van der Waals surface area (Å²) >= 11 is 1.59. The molecule has 1 atom stereocenters. The largest absolute Gasteiger partial charge is 0.457 e. The topological polar surface area (TPSA) is 68.6 Å². The minimum atomic E-state index is -0.558. The number of carbonyl (C=O) groups is 3. The number of Topliss-reactive ketones (excluding diaryl/α,β-unsaturated/α-hetero) is 1. The fraction of sp³-hybridized carbons (Fsp3) is 0.381. The molecule has 1 aliphatic heterocycles. The van der Waals surface area contributed by atoms with Crippen LogP contribution in [0.5, 0.6) is 0 Å². The molecule has 28 heavy (non-hydrogen) atoms. The van der Waals surface area contributed by atoms with Gasteiger partial charge in [-0.2, -0.15) is 0 Å². The lowest BCUT2D eigenvalue weighted by molar-refractivity contribution is -0.147. The normalized spacial score (nSPS) is 16.5. The fourth-order valence-electron chi connectivity index (χ4n) is 3.36. The van der Waals surface area contributed by atoms with Gasteiger partial charge in [-0.15, -0.1) is 11.8 Å². The maximum absolute atomic E-state index is 12.4. The molecule has 1 aromatic heterocycles. The summed E-state index contributed by atoms with van der Waals surface area (Å²) in [6.45, 7) is 3.74. The van der Waals surface area contributed by atoms with Crippen molar-refractivity contribution in [2.24, 2.45) is 13.0 Å². The number of anilines is 1. The minimum absolute atomic E-state index is 0.0972. The molecule has 6 nitrogen and oxygen atoms in total. The van der Waals surface area contributed by atoms with Gasteiger partial charge in [0.05, 0.1) is 5.92 Å². The van der Waals surface area contributed by atoms with E-state index in [-0.39, 0.29) is 31.3 Å². The molecule has 1 saturated heterocycles. The van der Waals surface area contributed by atoms with Gasteiger partial charge in [-0.05, 0) is 44.4 Å². The van der Waals surface area contributed by atoms with Crippen molar-refractivity contribution in [3.8, 4) is 0 Å². The molecule has 1 aromatic carbocycles. The molecule has 0 unspecified atom stereocenters. The average Bonchev–Trinajstić information content (AvgIpc) is 3.21. The molecule has 0 aliphatic carbocycles. The second-order valence-electron chi connectivity index (χ2n) is 6.98. The summed E-state index contributed by atoms with van der Waals surface area (Å²) in [6, 6.07) is 9.45. The number of esters is 1. The van der Waals surface area contributed by atoms with Crippen molar-refractivity contribution in [1.82, 2.24) is 4.57 Å². The molecule has 2 aromatic rings. The second kappa shape index (κ2) is 8.22. The monoisotopic (exact) mass is 400 g/mol. The number of amides is 1. The molecule has 0 N–H and O–H groups in total. The molecule has 1 aliphatic rings. The highest BCUT2D eigenvalue weighted by Gasteiger charge is 2.36. The summed E-state index contributed by atoms with van der Waals surface area (Å²) < 4.78 is 7.16. The predicted molar refractivity (Wildman–Crippen MR) is 109 cm³/mol. The van der Waals surface area contributed by atoms with Gasteiger partial charge in [0.15, 0.2) is 6.61 Å². The van der Waals surface area contributed by atoms with Crippen molar-refractivity contribution < 1.29 is 19.1 Å². The number of hydrogen-bond acceptors (Lipinski definition) is 5. The summed E-state index contributed by atoms with van der Waals surface area (Å²) in [5, 5.41) is 0. The van der Waals surface area contributed by atoms with E-state index in [9.17, 15) is 14.4 Å². The van der Waals surface area contributed by atoms with Crippen molar-refractivity contribution in [2.45, 2.75) is 25.2 Å². The van der Waals surface area contributed by atoms with E-state index in [0.717, 1.165) is 22.0 Å². The molecule has 0 spiro atoms. The standard InChI is InChI=1S/C21H24N2O4S/c1-13-8-18(14(2)22(13)3)19(24)12-27-21(26)15-9-20(25)23(11-15)16-6-5-7-17(10-16)28-4/h5-8,10,15H,9,11-12H2,1-4H3/t15-/m0/s1. The maximum atomic E-state index is 12.4. The molecular formula is C21H24N2O4S. The van der Waals surface area contributed by atoms with E-state index in [0.29, 0.717) is 5.56 Å². The van der Waals surface area contributed by atoms with Crippen molar-refractivity contribution in [2.75, 3.05) is 24.3 Å². The van der Waals surface area contributed by atoms with Crippen molar-refractivity contribution in [3.05, 3.63) is 47.3 Å². The molecule has 148 valence electrons. The molecular weight excluding hydrogens is 376 g/mol. The van der Waals surface area contributed by atoms with E-state index >= 15 is 0 Å². The fourth-order valence-corrected chi connectivity index (χ4v) is 3.82. The Kier molecular flexibility index (Phi) is 5.93. The zero-order valence-corrected chi connectivity index (χ0v) is 17.3. The first-order valence-electron chi connectivity index (χ1n) is 9.09. The van der Waals surface area contributed by atoms with Gasteiger partial charge in [-0.1, -0.05) is 6.07 Å². The van der Waals surface area contributed by atoms with Crippen LogP contribution in [0.15, 0.2) is 35.2 Å². The zero-order valence-electron chi connectivity index (χ0n) is 16.5. The van der Waals surface area contributed by atoms with E-state index in [1.54, 1.807) is 22.7 Å². The number of hydrogen-bond donors (Lipinski definition) is 0. The first-order valence-corrected chi connectivity index (χ1v) is 10.3. The highest BCUT2D eigenvalue weighted by atomic mass is 32.2. The van der Waals surface area contributed by atoms with Crippen molar-refractivity contribution >= 4 is 35.1 Å². The first-order chi connectivity index (χ1) is 13.3.